The van der Waals surface area contributed by atoms with Crippen LogP contribution >= 0.6 is 0 Å². The number of hydrogen-bond acceptors (Lipinski definition) is 0. The van der Waals surface area contributed by atoms with E-state index in [9.17, 15) is 8.78 Å². The summed E-state index contributed by atoms with van der Waals surface area (Å²) in [5, 5.41) is 0. The number of rotatable bonds is 0. The third-order valence-electron chi connectivity index (χ3n) is 1.87. The molecule has 0 aromatic rings. The molecule has 1 saturated carbocycles. The van der Waals surface area contributed by atoms with Gasteiger partial charge in [0.2, 0.25) is 0 Å². The van der Waals surface area contributed by atoms with Crippen molar-refractivity contribution in [1.29, 1.82) is 0 Å². The Labute approximate surface area is 68.0 Å². The van der Waals surface area contributed by atoms with Gasteiger partial charge in [0.05, 0.1) is 0 Å². The zero-order valence-corrected chi connectivity index (χ0v) is 7.66. The largest absolute Gasteiger partial charge is 0.250 e. The standard InChI is InChI=1S/C6H10F2.C3H8/c1-5-3-2-4-6(5,7)8;1-3-2/h5H,2-4H2,1H3;3H2,1-2H3. The smallest absolute Gasteiger partial charge is 0.207 e. The first kappa shape index (κ1) is 10.9. The average Bonchev–Trinajstić information content (AvgIpc) is 2.14. The summed E-state index contributed by atoms with van der Waals surface area (Å²) in [6, 6.07) is 0. The summed E-state index contributed by atoms with van der Waals surface area (Å²) in [4.78, 5) is 0. The van der Waals surface area contributed by atoms with Crippen molar-refractivity contribution in [1.82, 2.24) is 0 Å². The van der Waals surface area contributed by atoms with E-state index in [4.69, 9.17) is 0 Å². The minimum atomic E-state index is -2.35. The summed E-state index contributed by atoms with van der Waals surface area (Å²) in [6.45, 7) is 5.87. The lowest BCUT2D eigenvalue weighted by Crippen LogP contribution is -2.17. The Morgan fingerprint density at radius 1 is 1.36 bits per heavy atom. The Kier molecular flexibility index (Phi) is 4.62. The van der Waals surface area contributed by atoms with E-state index in [0.717, 1.165) is 0 Å². The van der Waals surface area contributed by atoms with E-state index in [1.807, 2.05) is 0 Å². The summed E-state index contributed by atoms with van der Waals surface area (Å²) >= 11 is 0. The molecule has 1 rings (SSSR count). The predicted octanol–water partition coefficient (Wildman–Crippen LogP) is 3.86. The zero-order chi connectivity index (χ0) is 8.91. The van der Waals surface area contributed by atoms with Gasteiger partial charge in [-0.05, 0) is 12.8 Å². The fourth-order valence-electron chi connectivity index (χ4n) is 1.10. The van der Waals surface area contributed by atoms with Gasteiger partial charge in [-0.2, -0.15) is 0 Å². The zero-order valence-electron chi connectivity index (χ0n) is 7.66. The van der Waals surface area contributed by atoms with Gasteiger partial charge in [-0.3, -0.25) is 0 Å². The topological polar surface area (TPSA) is 0 Å². The first-order valence-corrected chi connectivity index (χ1v) is 4.42. The van der Waals surface area contributed by atoms with E-state index >= 15 is 0 Å². The van der Waals surface area contributed by atoms with Crippen molar-refractivity contribution in [3.05, 3.63) is 0 Å². The number of halogens is 2. The molecule has 68 valence electrons. The van der Waals surface area contributed by atoms with Crippen LogP contribution in [0.1, 0.15) is 46.5 Å². The van der Waals surface area contributed by atoms with E-state index in [0.29, 0.717) is 12.8 Å². The van der Waals surface area contributed by atoms with Crippen LogP contribution in [0.15, 0.2) is 0 Å². The molecular formula is C9H18F2. The molecule has 0 amide bonds. The monoisotopic (exact) mass is 164 g/mol. The van der Waals surface area contributed by atoms with Crippen molar-refractivity contribution in [3.63, 3.8) is 0 Å². The Morgan fingerprint density at radius 2 is 1.82 bits per heavy atom. The fourth-order valence-corrected chi connectivity index (χ4v) is 1.10. The SMILES string of the molecule is CC1CCCC1(F)F.CCC. The van der Waals surface area contributed by atoms with E-state index in [1.54, 1.807) is 6.92 Å². The van der Waals surface area contributed by atoms with E-state index in [1.165, 1.54) is 6.42 Å². The minimum Gasteiger partial charge on any atom is -0.207 e. The van der Waals surface area contributed by atoms with Crippen molar-refractivity contribution in [2.45, 2.75) is 52.4 Å². The lowest BCUT2D eigenvalue weighted by Gasteiger charge is -2.12. The summed E-state index contributed by atoms with van der Waals surface area (Å²) in [6.07, 6.45) is 2.76. The van der Waals surface area contributed by atoms with Crippen molar-refractivity contribution in [2.24, 2.45) is 5.92 Å². The lowest BCUT2D eigenvalue weighted by molar-refractivity contribution is -0.0299. The van der Waals surface area contributed by atoms with Crippen LogP contribution in [0.25, 0.3) is 0 Å². The van der Waals surface area contributed by atoms with Gasteiger partial charge in [-0.25, -0.2) is 8.78 Å². The highest BCUT2D eigenvalue weighted by atomic mass is 19.3. The molecule has 11 heavy (non-hydrogen) atoms. The molecule has 0 saturated heterocycles. The molecule has 1 atom stereocenters. The van der Waals surface area contributed by atoms with Crippen molar-refractivity contribution >= 4 is 0 Å². The van der Waals surface area contributed by atoms with Crippen LogP contribution in [0.4, 0.5) is 8.78 Å². The van der Waals surface area contributed by atoms with Gasteiger partial charge in [0.1, 0.15) is 0 Å². The Bertz CT molecular complexity index is 99.7. The van der Waals surface area contributed by atoms with Crippen molar-refractivity contribution in [3.8, 4) is 0 Å². The van der Waals surface area contributed by atoms with Gasteiger partial charge in [0.15, 0.2) is 0 Å². The van der Waals surface area contributed by atoms with Crippen molar-refractivity contribution in [2.75, 3.05) is 0 Å². The van der Waals surface area contributed by atoms with Gasteiger partial charge in [0, 0.05) is 12.3 Å². The highest BCUT2D eigenvalue weighted by molar-refractivity contribution is 4.80. The van der Waals surface area contributed by atoms with E-state index in [2.05, 4.69) is 13.8 Å². The second kappa shape index (κ2) is 4.68. The van der Waals surface area contributed by atoms with Gasteiger partial charge in [-0.1, -0.05) is 27.2 Å². The highest BCUT2D eigenvalue weighted by Crippen LogP contribution is 2.39. The van der Waals surface area contributed by atoms with Crippen LogP contribution in [0.2, 0.25) is 0 Å². The molecular weight excluding hydrogens is 146 g/mol. The maximum absolute atomic E-state index is 12.3. The molecule has 0 heterocycles. The van der Waals surface area contributed by atoms with E-state index < -0.39 is 5.92 Å². The molecule has 1 fully saturated rings. The Morgan fingerprint density at radius 3 is 1.91 bits per heavy atom. The van der Waals surface area contributed by atoms with Crippen LogP contribution < -0.4 is 0 Å². The fraction of sp³-hybridized carbons (Fsp3) is 1.00. The molecule has 0 N–H and O–H groups in total. The minimum absolute atomic E-state index is 0.105. The maximum atomic E-state index is 12.3. The average molecular weight is 164 g/mol. The number of hydrogen-bond donors (Lipinski definition) is 0. The molecule has 1 unspecified atom stereocenters. The second-order valence-electron chi connectivity index (χ2n) is 3.26. The molecule has 0 spiro atoms. The molecule has 0 aromatic carbocycles. The normalized spacial score (nSPS) is 27.5. The summed E-state index contributed by atoms with van der Waals surface area (Å²) in [7, 11) is 0. The molecule has 0 radical (unpaired) electrons. The van der Waals surface area contributed by atoms with E-state index in [-0.39, 0.29) is 12.3 Å². The Hall–Kier alpha value is -0.140. The van der Waals surface area contributed by atoms with Gasteiger partial charge in [0.25, 0.3) is 5.92 Å². The molecule has 0 aromatic heterocycles. The molecule has 1 aliphatic rings. The highest BCUT2D eigenvalue weighted by Gasteiger charge is 2.40. The van der Waals surface area contributed by atoms with Crippen LogP contribution in [-0.2, 0) is 0 Å². The second-order valence-corrected chi connectivity index (χ2v) is 3.26. The molecule has 0 bridgehead atoms. The van der Waals surface area contributed by atoms with Gasteiger partial charge < -0.3 is 0 Å². The van der Waals surface area contributed by atoms with Gasteiger partial charge >= 0.3 is 0 Å². The maximum Gasteiger partial charge on any atom is 0.250 e. The number of alkyl halides is 2. The van der Waals surface area contributed by atoms with Gasteiger partial charge in [-0.15, -0.1) is 0 Å². The molecule has 0 aliphatic heterocycles. The summed E-state index contributed by atoms with van der Waals surface area (Å²) in [5.41, 5.74) is 0. The Balaban J connectivity index is 0.000000292. The van der Waals surface area contributed by atoms with Crippen molar-refractivity contribution < 1.29 is 8.78 Å². The first-order chi connectivity index (χ1) is 5.04. The molecule has 0 nitrogen and oxygen atoms in total. The summed E-state index contributed by atoms with van der Waals surface area (Å²) in [5.74, 6) is -2.72. The van der Waals surface area contributed by atoms with Crippen LogP contribution in [0.5, 0.6) is 0 Å². The quantitative estimate of drug-likeness (QED) is 0.510. The molecule has 1 aliphatic carbocycles. The lowest BCUT2D eigenvalue weighted by atomic mass is 10.1. The van der Waals surface area contributed by atoms with Crippen LogP contribution in [0, 0.1) is 5.92 Å². The molecule has 2 heteroatoms. The van der Waals surface area contributed by atoms with Crippen LogP contribution in [-0.4, -0.2) is 5.92 Å². The summed E-state index contributed by atoms with van der Waals surface area (Å²) < 4.78 is 24.7. The van der Waals surface area contributed by atoms with Crippen LogP contribution in [0.3, 0.4) is 0 Å². The third-order valence-corrected chi connectivity index (χ3v) is 1.87. The predicted molar refractivity (Wildman–Crippen MR) is 43.9 cm³/mol. The first-order valence-electron chi connectivity index (χ1n) is 4.42. The third kappa shape index (κ3) is 3.68.